The second-order valence-corrected chi connectivity index (χ2v) is 6.21. The molecule has 3 rings (SSSR count). The van der Waals surface area contributed by atoms with Crippen LogP contribution in [0.4, 0.5) is 15.8 Å². The van der Waals surface area contributed by atoms with Crippen molar-refractivity contribution < 1.29 is 9.18 Å². The van der Waals surface area contributed by atoms with Gasteiger partial charge in [-0.1, -0.05) is 6.07 Å². The average Bonchev–Trinajstić information content (AvgIpc) is 3.11. The zero-order chi connectivity index (χ0) is 19.2. The van der Waals surface area contributed by atoms with Crippen molar-refractivity contribution in [2.75, 3.05) is 30.0 Å². The lowest BCUT2D eigenvalue weighted by molar-refractivity contribution is 0.0955. The lowest BCUT2D eigenvalue weighted by Gasteiger charge is -2.14. The first-order chi connectivity index (χ1) is 13.1. The summed E-state index contributed by atoms with van der Waals surface area (Å²) in [6, 6.07) is 13.5. The number of amides is 1. The van der Waals surface area contributed by atoms with Crippen LogP contribution in [0.5, 0.6) is 0 Å². The first-order valence-corrected chi connectivity index (χ1v) is 8.71. The number of benzene rings is 2. The first kappa shape index (κ1) is 18.4. The van der Waals surface area contributed by atoms with Crippen molar-refractivity contribution in [1.29, 1.82) is 5.26 Å². The number of hydrogen-bond acceptors (Lipinski definition) is 5. The molecule has 7 heteroatoms. The Labute approximate surface area is 157 Å². The molecule has 1 amide bonds. The van der Waals surface area contributed by atoms with Crippen LogP contribution < -0.4 is 15.6 Å². The Hall–Kier alpha value is -3.40. The van der Waals surface area contributed by atoms with Crippen molar-refractivity contribution >= 4 is 23.0 Å². The normalized spacial score (nSPS) is 13.1. The predicted molar refractivity (Wildman–Crippen MR) is 103 cm³/mol. The molecule has 6 nitrogen and oxygen atoms in total. The molecule has 0 atom stereocenters. The smallest absolute Gasteiger partial charge is 0.251 e. The fourth-order valence-corrected chi connectivity index (χ4v) is 2.81. The fourth-order valence-electron chi connectivity index (χ4n) is 2.81. The van der Waals surface area contributed by atoms with Crippen LogP contribution in [0.15, 0.2) is 47.6 Å². The summed E-state index contributed by atoms with van der Waals surface area (Å²) >= 11 is 0. The van der Waals surface area contributed by atoms with Crippen molar-refractivity contribution in [2.24, 2.45) is 5.10 Å². The summed E-state index contributed by atoms with van der Waals surface area (Å²) < 4.78 is 13.5. The van der Waals surface area contributed by atoms with Gasteiger partial charge in [0.25, 0.3) is 5.91 Å². The van der Waals surface area contributed by atoms with Crippen LogP contribution in [0, 0.1) is 17.1 Å². The minimum absolute atomic E-state index is 0.0285. The largest absolute Gasteiger partial charge is 0.382 e. The number of carbonyl (C=O) groups is 1. The highest BCUT2D eigenvalue weighted by Gasteiger charge is 2.13. The maximum atomic E-state index is 13.5. The van der Waals surface area contributed by atoms with Crippen LogP contribution in [-0.4, -0.2) is 31.3 Å². The number of carbonyl (C=O) groups excluding carboxylic acids is 1. The first-order valence-electron chi connectivity index (χ1n) is 8.71. The van der Waals surface area contributed by atoms with E-state index in [1.165, 1.54) is 12.1 Å². The van der Waals surface area contributed by atoms with Gasteiger partial charge in [-0.2, -0.15) is 10.4 Å². The molecular formula is C20H20FN5O. The number of anilines is 2. The molecule has 1 aliphatic heterocycles. The Morgan fingerprint density at radius 3 is 2.70 bits per heavy atom. The zero-order valence-corrected chi connectivity index (χ0v) is 15.0. The second-order valence-electron chi connectivity index (χ2n) is 6.21. The van der Waals surface area contributed by atoms with E-state index in [4.69, 9.17) is 5.26 Å². The summed E-state index contributed by atoms with van der Waals surface area (Å²) in [6.07, 6.45) is 0.952. The highest BCUT2D eigenvalue weighted by Crippen LogP contribution is 2.20. The molecule has 0 saturated carbocycles. The Kier molecular flexibility index (Phi) is 5.67. The Morgan fingerprint density at radius 2 is 2.04 bits per heavy atom. The van der Waals surface area contributed by atoms with E-state index in [-0.39, 0.29) is 11.5 Å². The van der Waals surface area contributed by atoms with Crippen LogP contribution in [0.3, 0.4) is 0 Å². The van der Waals surface area contributed by atoms with E-state index in [0.717, 1.165) is 24.4 Å². The van der Waals surface area contributed by atoms with E-state index >= 15 is 0 Å². The van der Waals surface area contributed by atoms with E-state index in [0.29, 0.717) is 24.3 Å². The zero-order valence-electron chi connectivity index (χ0n) is 15.0. The van der Waals surface area contributed by atoms with Gasteiger partial charge in [0.05, 0.1) is 11.4 Å². The molecular weight excluding hydrogens is 345 g/mol. The average molecular weight is 365 g/mol. The molecule has 1 aliphatic rings. The third-order valence-corrected chi connectivity index (χ3v) is 4.26. The van der Waals surface area contributed by atoms with Gasteiger partial charge in [0.15, 0.2) is 0 Å². The van der Waals surface area contributed by atoms with Gasteiger partial charge < -0.3 is 10.6 Å². The van der Waals surface area contributed by atoms with Crippen molar-refractivity contribution in [3.8, 4) is 6.07 Å². The predicted octanol–water partition coefficient (Wildman–Crippen LogP) is 3.13. The molecule has 0 bridgehead atoms. The molecule has 0 radical (unpaired) electrons. The van der Waals surface area contributed by atoms with Gasteiger partial charge in [-0.25, -0.2) is 4.39 Å². The molecule has 2 aromatic rings. The molecule has 2 aromatic carbocycles. The fraction of sp³-hybridized carbons (Fsp3) is 0.250. The summed E-state index contributed by atoms with van der Waals surface area (Å²) in [7, 11) is 0. The van der Waals surface area contributed by atoms with E-state index in [2.05, 4.69) is 15.7 Å². The number of hydrogen-bond donors (Lipinski definition) is 2. The highest BCUT2D eigenvalue weighted by atomic mass is 19.1. The maximum absolute atomic E-state index is 13.5. The van der Waals surface area contributed by atoms with E-state index in [1.807, 2.05) is 30.1 Å². The number of nitrogens with one attached hydrogen (secondary N) is 2. The number of nitriles is 1. The molecule has 2 N–H and O–H groups in total. The topological polar surface area (TPSA) is 80.5 Å². The third-order valence-electron chi connectivity index (χ3n) is 4.26. The van der Waals surface area contributed by atoms with Gasteiger partial charge in [0.1, 0.15) is 17.4 Å². The number of halogens is 1. The van der Waals surface area contributed by atoms with Gasteiger partial charge in [0.2, 0.25) is 0 Å². The minimum atomic E-state index is -0.566. The highest BCUT2D eigenvalue weighted by molar-refractivity contribution is 5.94. The molecule has 0 aromatic heterocycles. The molecule has 0 fully saturated rings. The van der Waals surface area contributed by atoms with Crippen LogP contribution >= 0.6 is 0 Å². The number of hydrazone groups is 1. The monoisotopic (exact) mass is 365 g/mol. The molecule has 27 heavy (non-hydrogen) atoms. The van der Waals surface area contributed by atoms with Gasteiger partial charge in [-0.15, -0.1) is 0 Å². The van der Waals surface area contributed by atoms with Crippen molar-refractivity contribution in [1.82, 2.24) is 5.32 Å². The summed E-state index contributed by atoms with van der Waals surface area (Å²) in [6.45, 7) is 3.58. The summed E-state index contributed by atoms with van der Waals surface area (Å²) in [5, 5.41) is 21.1. The van der Waals surface area contributed by atoms with E-state index in [9.17, 15) is 9.18 Å². The van der Waals surface area contributed by atoms with Crippen LogP contribution in [0.1, 0.15) is 29.3 Å². The van der Waals surface area contributed by atoms with Crippen LogP contribution in [-0.2, 0) is 0 Å². The molecule has 0 unspecified atom stereocenters. The van der Waals surface area contributed by atoms with Gasteiger partial charge in [0, 0.05) is 37.3 Å². The summed E-state index contributed by atoms with van der Waals surface area (Å²) in [5.74, 6) is -0.756. The SMILES string of the molecule is CC1=NN(c2ccc(C(=O)NCCNc3cccc(F)c3C#N)cc2)CC1. The quantitative estimate of drug-likeness (QED) is 0.771. The molecule has 0 aliphatic carbocycles. The third kappa shape index (κ3) is 4.42. The standard InChI is InChI=1S/C20H20FN5O/c1-14-9-12-26(25-14)16-7-5-15(6-8-16)20(27)24-11-10-23-19-4-2-3-18(21)17(19)13-22/h2-8,23H,9-12H2,1H3,(H,24,27). The Morgan fingerprint density at radius 1 is 1.26 bits per heavy atom. The van der Waals surface area contributed by atoms with E-state index in [1.54, 1.807) is 18.2 Å². The van der Waals surface area contributed by atoms with Crippen molar-refractivity contribution in [3.63, 3.8) is 0 Å². The van der Waals surface area contributed by atoms with Crippen molar-refractivity contribution in [3.05, 3.63) is 59.4 Å². The lowest BCUT2D eigenvalue weighted by Crippen LogP contribution is -2.29. The van der Waals surface area contributed by atoms with Gasteiger partial charge >= 0.3 is 0 Å². The van der Waals surface area contributed by atoms with Crippen LogP contribution in [0.25, 0.3) is 0 Å². The lowest BCUT2D eigenvalue weighted by atomic mass is 10.2. The van der Waals surface area contributed by atoms with Crippen LogP contribution in [0.2, 0.25) is 0 Å². The minimum Gasteiger partial charge on any atom is -0.382 e. The van der Waals surface area contributed by atoms with Gasteiger partial charge in [-0.05, 0) is 43.3 Å². The summed E-state index contributed by atoms with van der Waals surface area (Å²) in [4.78, 5) is 12.2. The summed E-state index contributed by atoms with van der Waals surface area (Å²) in [5.41, 5.74) is 3.00. The van der Waals surface area contributed by atoms with Crippen molar-refractivity contribution in [2.45, 2.75) is 13.3 Å². The number of rotatable bonds is 6. The van der Waals surface area contributed by atoms with E-state index < -0.39 is 5.82 Å². The Bertz CT molecular complexity index is 902. The molecule has 1 heterocycles. The van der Waals surface area contributed by atoms with Gasteiger partial charge in [-0.3, -0.25) is 9.80 Å². The number of nitrogens with zero attached hydrogens (tertiary/aromatic N) is 3. The molecule has 0 saturated heterocycles. The maximum Gasteiger partial charge on any atom is 0.251 e. The molecule has 0 spiro atoms. The molecule has 138 valence electrons. The Balaban J connectivity index is 1.50. The second kappa shape index (κ2) is 8.32.